The highest BCUT2D eigenvalue weighted by Crippen LogP contribution is 2.34. The molecule has 4 rings (SSSR count). The van der Waals surface area contributed by atoms with Gasteiger partial charge in [-0.2, -0.15) is 0 Å². The van der Waals surface area contributed by atoms with Gasteiger partial charge in [0.25, 0.3) is 0 Å². The Labute approximate surface area is 167 Å². The van der Waals surface area contributed by atoms with E-state index in [-0.39, 0.29) is 12.1 Å². The molecule has 0 aliphatic carbocycles. The van der Waals surface area contributed by atoms with E-state index in [2.05, 4.69) is 19.5 Å². The highest BCUT2D eigenvalue weighted by molar-refractivity contribution is 6.22. The third kappa shape index (κ3) is 3.61. The first-order valence-electron chi connectivity index (χ1n) is 9.31. The summed E-state index contributed by atoms with van der Waals surface area (Å²) in [5, 5.41) is 9.13. The second-order valence-corrected chi connectivity index (χ2v) is 7.12. The zero-order chi connectivity index (χ0) is 20.5. The van der Waals surface area contributed by atoms with E-state index in [0.29, 0.717) is 37.5 Å². The maximum Gasteiger partial charge on any atom is 0.331 e. The summed E-state index contributed by atoms with van der Waals surface area (Å²) in [6, 6.07) is 5.33. The Bertz CT molecular complexity index is 911. The van der Waals surface area contributed by atoms with E-state index in [4.69, 9.17) is 9.84 Å². The first-order valence-corrected chi connectivity index (χ1v) is 9.31. The molecule has 0 amide bonds. The van der Waals surface area contributed by atoms with Gasteiger partial charge in [0.2, 0.25) is 0 Å². The highest BCUT2D eigenvalue weighted by Gasteiger charge is 2.39. The summed E-state index contributed by atoms with van der Waals surface area (Å²) < 4.78 is 10.6. The summed E-state index contributed by atoms with van der Waals surface area (Å²) in [6.07, 6.45) is 4.33. The monoisotopic (exact) mass is 399 g/mol. The van der Waals surface area contributed by atoms with Crippen molar-refractivity contribution in [3.63, 3.8) is 0 Å². The Morgan fingerprint density at radius 1 is 1.34 bits per heavy atom. The van der Waals surface area contributed by atoms with E-state index in [0.717, 1.165) is 5.69 Å². The minimum Gasteiger partial charge on any atom is -0.480 e. The lowest BCUT2D eigenvalue weighted by Gasteiger charge is -2.35. The van der Waals surface area contributed by atoms with Gasteiger partial charge in [0.05, 0.1) is 31.5 Å². The summed E-state index contributed by atoms with van der Waals surface area (Å²) in [7, 11) is 1.34. The number of carbonyl (C=O) groups excluding carboxylic acids is 2. The summed E-state index contributed by atoms with van der Waals surface area (Å²) in [5.74, 6) is -3.28. The number of aliphatic imine (C=N–C) groups is 1. The van der Waals surface area contributed by atoms with E-state index >= 15 is 0 Å². The molecule has 152 valence electrons. The van der Waals surface area contributed by atoms with Gasteiger partial charge in [0.15, 0.2) is 11.7 Å². The van der Waals surface area contributed by atoms with Gasteiger partial charge in [0, 0.05) is 49.4 Å². The maximum atomic E-state index is 12.3. The molecule has 3 heterocycles. The summed E-state index contributed by atoms with van der Waals surface area (Å²) in [5.41, 5.74) is 1.68. The molecule has 0 radical (unpaired) electrons. The van der Waals surface area contributed by atoms with Gasteiger partial charge in [0.1, 0.15) is 0 Å². The number of carboxylic acid groups (broad SMARTS) is 1. The molecular weight excluding hydrogens is 378 g/mol. The van der Waals surface area contributed by atoms with Crippen LogP contribution in [0.3, 0.4) is 0 Å². The fourth-order valence-electron chi connectivity index (χ4n) is 3.93. The van der Waals surface area contributed by atoms with Gasteiger partial charge in [-0.15, -0.1) is 0 Å². The number of hydrogen-bond donors (Lipinski definition) is 1. The molecule has 9 heteroatoms. The van der Waals surface area contributed by atoms with E-state index in [1.165, 1.54) is 19.4 Å². The van der Waals surface area contributed by atoms with Gasteiger partial charge in [-0.3, -0.25) is 14.6 Å². The van der Waals surface area contributed by atoms with Gasteiger partial charge in [-0.05, 0) is 18.2 Å². The van der Waals surface area contributed by atoms with Crippen molar-refractivity contribution in [3.8, 4) is 0 Å². The molecule has 0 saturated carbocycles. The van der Waals surface area contributed by atoms with Crippen LogP contribution < -0.4 is 4.90 Å². The van der Waals surface area contributed by atoms with E-state index in [1.54, 1.807) is 18.3 Å². The van der Waals surface area contributed by atoms with Crippen molar-refractivity contribution in [2.24, 2.45) is 10.9 Å². The number of rotatable bonds is 4. The second kappa shape index (κ2) is 7.67. The number of anilines is 1. The molecule has 29 heavy (non-hydrogen) atoms. The van der Waals surface area contributed by atoms with Crippen molar-refractivity contribution in [3.05, 3.63) is 36.0 Å². The molecule has 1 unspecified atom stereocenters. The lowest BCUT2D eigenvalue weighted by atomic mass is 9.94. The van der Waals surface area contributed by atoms with Crippen molar-refractivity contribution in [2.75, 3.05) is 38.3 Å². The van der Waals surface area contributed by atoms with Crippen molar-refractivity contribution >= 4 is 35.3 Å². The van der Waals surface area contributed by atoms with Crippen LogP contribution in [0.4, 0.5) is 11.4 Å². The standard InChI is InChI=1S/C20H21N3O6/c1-28-18(24)4-5-22-6-7-29-17-11-23(10-16(17)22)12-2-3-13-15(8-12)21-9-14(19(13)25)20(26)27/h2-5,8-9,14,16-17H,6-7,10-11H2,1H3,(H,26,27)/b5-4+/t14?,16-,17+/m0/s1. The number of fused-ring (bicyclic) bond motifs is 2. The van der Waals surface area contributed by atoms with Gasteiger partial charge < -0.3 is 24.4 Å². The summed E-state index contributed by atoms with van der Waals surface area (Å²) >= 11 is 0. The lowest BCUT2D eigenvalue weighted by Crippen LogP contribution is -2.48. The molecule has 0 bridgehead atoms. The number of carbonyl (C=O) groups is 3. The zero-order valence-electron chi connectivity index (χ0n) is 15.9. The molecular formula is C20H21N3O6. The number of esters is 1. The topological polar surface area (TPSA) is 109 Å². The van der Waals surface area contributed by atoms with Gasteiger partial charge in [-0.25, -0.2) is 4.79 Å². The SMILES string of the molecule is COC(=O)/C=C/N1CCO[C@@H]2CN(c3ccc4c(c3)N=CC(C(=O)O)C4=O)C[C@@H]21. The zero-order valence-corrected chi connectivity index (χ0v) is 15.9. The predicted molar refractivity (Wildman–Crippen MR) is 104 cm³/mol. The quantitative estimate of drug-likeness (QED) is 0.451. The minimum atomic E-state index is -1.23. The van der Waals surface area contributed by atoms with Crippen molar-refractivity contribution in [1.82, 2.24) is 4.90 Å². The second-order valence-electron chi connectivity index (χ2n) is 7.12. The Hall–Kier alpha value is -3.20. The van der Waals surface area contributed by atoms with Crippen LogP contribution in [-0.4, -0.2) is 79.4 Å². The number of methoxy groups -OCH3 is 1. The maximum absolute atomic E-state index is 12.3. The number of hydrogen-bond acceptors (Lipinski definition) is 8. The third-order valence-corrected chi connectivity index (χ3v) is 5.47. The van der Waals surface area contributed by atoms with Crippen LogP contribution in [0.5, 0.6) is 0 Å². The number of ketones is 1. The first kappa shape index (κ1) is 19.1. The average molecular weight is 399 g/mol. The minimum absolute atomic E-state index is 0.0106. The molecule has 2 fully saturated rings. The van der Waals surface area contributed by atoms with E-state index in [9.17, 15) is 14.4 Å². The molecule has 1 aromatic carbocycles. The first-order chi connectivity index (χ1) is 14.0. The Morgan fingerprint density at radius 2 is 2.17 bits per heavy atom. The van der Waals surface area contributed by atoms with E-state index in [1.807, 2.05) is 6.07 Å². The number of morpholine rings is 1. The molecule has 0 aromatic heterocycles. The van der Waals surface area contributed by atoms with Crippen LogP contribution in [0, 0.1) is 5.92 Å². The molecule has 0 spiro atoms. The molecule has 3 aliphatic heterocycles. The molecule has 1 aromatic rings. The van der Waals surface area contributed by atoms with Gasteiger partial charge >= 0.3 is 11.9 Å². The number of carboxylic acids is 1. The van der Waals surface area contributed by atoms with Crippen LogP contribution in [0.25, 0.3) is 0 Å². The van der Waals surface area contributed by atoms with Crippen LogP contribution in [0.1, 0.15) is 10.4 Å². The fraction of sp³-hybridized carbons (Fsp3) is 0.400. The number of nitrogens with zero attached hydrogens (tertiary/aromatic N) is 3. The van der Waals surface area contributed by atoms with Crippen LogP contribution in [0.15, 0.2) is 35.5 Å². The Kier molecular flexibility index (Phi) is 5.06. The van der Waals surface area contributed by atoms with Crippen molar-refractivity contribution < 1.29 is 29.0 Å². The van der Waals surface area contributed by atoms with Crippen LogP contribution >= 0.6 is 0 Å². The lowest BCUT2D eigenvalue weighted by molar-refractivity contribution is -0.138. The highest BCUT2D eigenvalue weighted by atomic mass is 16.5. The Balaban J connectivity index is 1.52. The molecule has 3 aliphatic rings. The molecule has 9 nitrogen and oxygen atoms in total. The molecule has 3 atom stereocenters. The van der Waals surface area contributed by atoms with Crippen LogP contribution in [0.2, 0.25) is 0 Å². The number of aliphatic carboxylic acids is 1. The van der Waals surface area contributed by atoms with Gasteiger partial charge in [-0.1, -0.05) is 0 Å². The molecule has 2 saturated heterocycles. The smallest absolute Gasteiger partial charge is 0.331 e. The average Bonchev–Trinajstić information content (AvgIpc) is 3.16. The van der Waals surface area contributed by atoms with Crippen molar-refractivity contribution in [1.29, 1.82) is 0 Å². The van der Waals surface area contributed by atoms with E-state index < -0.39 is 23.6 Å². The number of ether oxygens (including phenoxy) is 2. The fourth-order valence-corrected chi connectivity index (χ4v) is 3.93. The third-order valence-electron chi connectivity index (χ3n) is 5.47. The normalized spacial score (nSPS) is 25.8. The largest absolute Gasteiger partial charge is 0.480 e. The number of Topliss-reactive ketones (excluding diaryl/α,β-unsaturated/α-hetero) is 1. The Morgan fingerprint density at radius 3 is 2.93 bits per heavy atom. The van der Waals surface area contributed by atoms with Crippen LogP contribution in [-0.2, 0) is 19.1 Å². The summed E-state index contributed by atoms with van der Waals surface area (Å²) in [6.45, 7) is 2.61. The van der Waals surface area contributed by atoms with Crippen molar-refractivity contribution in [2.45, 2.75) is 12.1 Å². The molecule has 1 N–H and O–H groups in total. The number of benzene rings is 1. The predicted octanol–water partition coefficient (Wildman–Crippen LogP) is 0.862. The summed E-state index contributed by atoms with van der Waals surface area (Å²) in [4.78, 5) is 43.3.